The molecule has 134 valence electrons. The summed E-state index contributed by atoms with van der Waals surface area (Å²) in [5.74, 6) is -0.559. The molecule has 0 saturated heterocycles. The van der Waals surface area contributed by atoms with E-state index in [1.54, 1.807) is 25.3 Å². The van der Waals surface area contributed by atoms with Gasteiger partial charge in [-0.25, -0.2) is 4.68 Å². The van der Waals surface area contributed by atoms with Crippen molar-refractivity contribution in [3.63, 3.8) is 0 Å². The fraction of sp³-hybridized carbons (Fsp3) is 0.267. The van der Waals surface area contributed by atoms with Gasteiger partial charge in [0.15, 0.2) is 5.69 Å². The lowest BCUT2D eigenvalue weighted by Gasteiger charge is -2.05. The number of amides is 1. The van der Waals surface area contributed by atoms with Gasteiger partial charge >= 0.3 is 6.18 Å². The van der Waals surface area contributed by atoms with E-state index in [-0.39, 0.29) is 5.69 Å². The summed E-state index contributed by atoms with van der Waals surface area (Å²) in [6, 6.07) is 0. The summed E-state index contributed by atoms with van der Waals surface area (Å²) >= 11 is 5.65. The summed E-state index contributed by atoms with van der Waals surface area (Å²) in [6.45, 7) is 6.39. The van der Waals surface area contributed by atoms with Gasteiger partial charge in [0.2, 0.25) is 5.91 Å². The van der Waals surface area contributed by atoms with Gasteiger partial charge in [-0.1, -0.05) is 24.3 Å². The molecule has 25 heavy (non-hydrogen) atoms. The van der Waals surface area contributed by atoms with Crippen LogP contribution < -0.4 is 5.32 Å². The lowest BCUT2D eigenvalue weighted by Crippen LogP contribution is -2.20. The minimum atomic E-state index is -4.68. The second-order valence-corrected chi connectivity index (χ2v) is 5.42. The molecule has 0 bridgehead atoms. The van der Waals surface area contributed by atoms with Crippen molar-refractivity contribution in [3.05, 3.63) is 47.5 Å². The van der Waals surface area contributed by atoms with Crippen molar-refractivity contribution in [3.8, 4) is 0 Å². The molecule has 1 N–H and O–H groups in total. The molecule has 0 atom stereocenters. The third kappa shape index (κ3) is 4.11. The van der Waals surface area contributed by atoms with Crippen LogP contribution in [0.15, 0.2) is 31.1 Å². The Morgan fingerprint density at radius 1 is 1.48 bits per heavy atom. The average molecular weight is 374 g/mol. The predicted octanol–water partition coefficient (Wildman–Crippen LogP) is 3.75. The van der Waals surface area contributed by atoms with Crippen LogP contribution in [0.25, 0.3) is 5.70 Å². The normalized spacial score (nSPS) is 12.3. The molecule has 2 heterocycles. The monoisotopic (exact) mass is 373 g/mol. The Morgan fingerprint density at radius 2 is 2.16 bits per heavy atom. The van der Waals surface area contributed by atoms with E-state index in [4.69, 9.17) is 11.6 Å². The lowest BCUT2D eigenvalue weighted by molar-refractivity contribution is -0.141. The number of nitrogens with one attached hydrogen (secondary N) is 1. The number of hydrogen-bond donors (Lipinski definition) is 1. The molecule has 0 fully saturated rings. The molecule has 0 unspecified atom stereocenters. The molecular weight excluding hydrogens is 359 g/mol. The molecule has 0 radical (unpaired) electrons. The Morgan fingerprint density at radius 3 is 2.68 bits per heavy atom. The Labute approximate surface area is 146 Å². The second kappa shape index (κ2) is 7.14. The van der Waals surface area contributed by atoms with Gasteiger partial charge in [0, 0.05) is 0 Å². The molecule has 2 rings (SSSR count). The molecule has 6 nitrogen and oxygen atoms in total. The minimum absolute atomic E-state index is 0.0581. The average Bonchev–Trinajstić information content (AvgIpc) is 3.08. The first-order valence-electron chi connectivity index (χ1n) is 7.11. The molecule has 0 spiro atoms. The van der Waals surface area contributed by atoms with Crippen molar-refractivity contribution < 1.29 is 18.0 Å². The van der Waals surface area contributed by atoms with E-state index < -0.39 is 29.3 Å². The molecule has 0 aromatic carbocycles. The minimum Gasteiger partial charge on any atom is -0.322 e. The van der Waals surface area contributed by atoms with E-state index in [0.29, 0.717) is 11.4 Å². The number of carbonyl (C=O) groups excluding carboxylic acids is 1. The van der Waals surface area contributed by atoms with Crippen molar-refractivity contribution in [1.82, 2.24) is 19.6 Å². The summed E-state index contributed by atoms with van der Waals surface area (Å²) in [7, 11) is 0. The van der Waals surface area contributed by atoms with Crippen LogP contribution in [0.1, 0.15) is 18.3 Å². The molecule has 0 aliphatic heterocycles. The highest BCUT2D eigenvalue weighted by Gasteiger charge is 2.38. The van der Waals surface area contributed by atoms with Crippen LogP contribution in [-0.4, -0.2) is 25.5 Å². The summed E-state index contributed by atoms with van der Waals surface area (Å²) < 4.78 is 40.8. The number of rotatable bonds is 5. The third-order valence-corrected chi connectivity index (χ3v) is 3.78. The number of nitrogens with zero attached hydrogens (tertiary/aromatic N) is 4. The zero-order valence-electron chi connectivity index (χ0n) is 13.4. The molecule has 0 saturated carbocycles. The summed E-state index contributed by atoms with van der Waals surface area (Å²) in [5, 5.41) is 9.46. The Kier molecular flexibility index (Phi) is 5.36. The van der Waals surface area contributed by atoms with E-state index in [1.807, 2.05) is 0 Å². The fourth-order valence-corrected chi connectivity index (χ4v) is 2.31. The number of alkyl halides is 3. The van der Waals surface area contributed by atoms with Gasteiger partial charge in [-0.05, 0) is 19.9 Å². The maximum absolute atomic E-state index is 12.8. The molecule has 0 aliphatic rings. The molecule has 2 aromatic rings. The third-order valence-electron chi connectivity index (χ3n) is 3.33. The van der Waals surface area contributed by atoms with Crippen molar-refractivity contribution in [2.24, 2.45) is 0 Å². The zero-order chi connectivity index (χ0) is 18.8. The predicted molar refractivity (Wildman–Crippen MR) is 88.0 cm³/mol. The van der Waals surface area contributed by atoms with E-state index in [0.717, 1.165) is 4.68 Å². The van der Waals surface area contributed by atoms with Crippen LogP contribution in [0.5, 0.6) is 0 Å². The number of allylic oxidation sites excluding steroid dienone is 3. The van der Waals surface area contributed by atoms with Gasteiger partial charge in [-0.3, -0.25) is 9.48 Å². The van der Waals surface area contributed by atoms with E-state index in [1.165, 1.54) is 17.8 Å². The van der Waals surface area contributed by atoms with Gasteiger partial charge in [-0.15, -0.1) is 0 Å². The number of aromatic nitrogens is 4. The van der Waals surface area contributed by atoms with Gasteiger partial charge in [-0.2, -0.15) is 23.4 Å². The maximum Gasteiger partial charge on any atom is 0.436 e. The van der Waals surface area contributed by atoms with Crippen molar-refractivity contribution >= 4 is 28.9 Å². The topological polar surface area (TPSA) is 64.7 Å². The first-order chi connectivity index (χ1) is 11.7. The smallest absolute Gasteiger partial charge is 0.322 e. The second-order valence-electron chi connectivity index (χ2n) is 5.04. The van der Waals surface area contributed by atoms with Gasteiger partial charge in [0.1, 0.15) is 6.54 Å². The first kappa shape index (κ1) is 18.8. The van der Waals surface area contributed by atoms with Crippen LogP contribution in [-0.2, 0) is 17.5 Å². The number of halogens is 4. The first-order valence-corrected chi connectivity index (χ1v) is 7.49. The van der Waals surface area contributed by atoms with Crippen LogP contribution in [0.4, 0.5) is 18.9 Å². The van der Waals surface area contributed by atoms with E-state index >= 15 is 0 Å². The molecule has 2 aromatic heterocycles. The molecule has 0 aliphatic carbocycles. The number of anilines is 1. The van der Waals surface area contributed by atoms with E-state index in [2.05, 4.69) is 22.1 Å². The molecule has 10 heteroatoms. The highest BCUT2D eigenvalue weighted by molar-refractivity contribution is 6.32. The molecular formula is C15H15ClF3N5O. The Hall–Kier alpha value is -2.55. The van der Waals surface area contributed by atoms with Crippen LogP contribution in [0, 0.1) is 6.92 Å². The Bertz CT molecular complexity index is 835. The van der Waals surface area contributed by atoms with Crippen molar-refractivity contribution in [2.75, 3.05) is 5.32 Å². The SMILES string of the molecule is C=CC(=CC)n1cc(NC(=O)Cn2nc(C(F)(F)F)c(Cl)c2C)cn1. The summed E-state index contributed by atoms with van der Waals surface area (Å²) in [4.78, 5) is 12.1. The van der Waals surface area contributed by atoms with Crippen molar-refractivity contribution in [2.45, 2.75) is 26.6 Å². The van der Waals surface area contributed by atoms with Gasteiger partial charge in [0.25, 0.3) is 0 Å². The number of carbonyl (C=O) groups is 1. The van der Waals surface area contributed by atoms with Crippen molar-refractivity contribution in [1.29, 1.82) is 0 Å². The summed E-state index contributed by atoms with van der Waals surface area (Å²) in [5.41, 5.74) is -0.0538. The lowest BCUT2D eigenvalue weighted by atomic mass is 10.3. The molecule has 1 amide bonds. The summed E-state index contributed by atoms with van der Waals surface area (Å²) in [6.07, 6.45) is 1.65. The number of hydrogen-bond acceptors (Lipinski definition) is 3. The standard InChI is InChI=1S/C15H15ClF3N5O/c1-4-11(5-2)24-7-10(6-20-24)21-12(25)8-23-9(3)13(16)14(22-23)15(17,18)19/h4-7H,1,8H2,2-3H3,(H,21,25). The Balaban J connectivity index is 2.13. The highest BCUT2D eigenvalue weighted by Crippen LogP contribution is 2.35. The van der Waals surface area contributed by atoms with Crippen LogP contribution in [0.2, 0.25) is 5.02 Å². The largest absolute Gasteiger partial charge is 0.436 e. The fourth-order valence-electron chi connectivity index (χ4n) is 2.07. The van der Waals surface area contributed by atoms with Gasteiger partial charge in [0.05, 0.1) is 34.5 Å². The highest BCUT2D eigenvalue weighted by atomic mass is 35.5. The van der Waals surface area contributed by atoms with Crippen LogP contribution in [0.3, 0.4) is 0 Å². The van der Waals surface area contributed by atoms with E-state index in [9.17, 15) is 18.0 Å². The zero-order valence-corrected chi connectivity index (χ0v) is 14.2. The quantitative estimate of drug-likeness (QED) is 0.812. The maximum atomic E-state index is 12.8. The van der Waals surface area contributed by atoms with Crippen LogP contribution >= 0.6 is 11.6 Å². The van der Waals surface area contributed by atoms with Gasteiger partial charge < -0.3 is 5.32 Å².